The number of amides is 1. The van der Waals surface area contributed by atoms with Crippen molar-refractivity contribution in [2.24, 2.45) is 0 Å². The highest BCUT2D eigenvalue weighted by molar-refractivity contribution is 9.10. The summed E-state index contributed by atoms with van der Waals surface area (Å²) in [7, 11) is 0. The quantitative estimate of drug-likeness (QED) is 0.878. The molecule has 1 aliphatic heterocycles. The van der Waals surface area contributed by atoms with Gasteiger partial charge in [0, 0.05) is 12.6 Å². The van der Waals surface area contributed by atoms with Gasteiger partial charge in [-0.2, -0.15) is 0 Å². The predicted octanol–water partition coefficient (Wildman–Crippen LogP) is 3.12. The Balaban J connectivity index is 2.05. The van der Waals surface area contributed by atoms with E-state index in [9.17, 15) is 9.18 Å². The molecule has 0 aromatic heterocycles. The fourth-order valence-corrected chi connectivity index (χ4v) is 3.22. The van der Waals surface area contributed by atoms with E-state index in [2.05, 4.69) is 28.2 Å². The van der Waals surface area contributed by atoms with Crippen molar-refractivity contribution in [3.05, 3.63) is 34.1 Å². The Bertz CT molecular complexity index is 489. The number of hydrogen-bond donors (Lipinski definition) is 1. The van der Waals surface area contributed by atoms with Crippen LogP contribution < -0.4 is 5.32 Å². The fourth-order valence-electron chi connectivity index (χ4n) is 2.80. The molecule has 1 N–H and O–H groups in total. The maximum atomic E-state index is 13.3. The Kier molecular flexibility index (Phi) is 6.18. The van der Waals surface area contributed by atoms with Gasteiger partial charge in [-0.1, -0.05) is 13.0 Å². The topological polar surface area (TPSA) is 32.3 Å². The number of carbonyl (C=O) groups excluding carboxylic acids is 1. The van der Waals surface area contributed by atoms with Crippen molar-refractivity contribution in [3.8, 4) is 0 Å². The second-order valence-electron chi connectivity index (χ2n) is 5.49. The van der Waals surface area contributed by atoms with Crippen LogP contribution in [0.5, 0.6) is 0 Å². The third-order valence-electron chi connectivity index (χ3n) is 3.87. The average Bonchev–Trinajstić information content (AvgIpc) is 2.49. The Hall–Kier alpha value is -0.940. The molecule has 21 heavy (non-hydrogen) atoms. The van der Waals surface area contributed by atoms with Gasteiger partial charge in [0.25, 0.3) is 0 Å². The number of carbonyl (C=O) groups is 1. The monoisotopic (exact) mass is 356 g/mol. The molecule has 0 radical (unpaired) electrons. The van der Waals surface area contributed by atoms with Crippen molar-refractivity contribution >= 4 is 21.8 Å². The highest BCUT2D eigenvalue weighted by Gasteiger charge is 2.24. The van der Waals surface area contributed by atoms with Crippen molar-refractivity contribution in [1.29, 1.82) is 0 Å². The molecule has 3 nitrogen and oxygen atoms in total. The Labute approximate surface area is 134 Å². The minimum atomic E-state index is -0.296. The summed E-state index contributed by atoms with van der Waals surface area (Å²) >= 11 is 3.17. The summed E-state index contributed by atoms with van der Waals surface area (Å²) in [6.45, 7) is 4.84. The van der Waals surface area contributed by atoms with E-state index < -0.39 is 0 Å². The molecule has 5 heteroatoms. The summed E-state index contributed by atoms with van der Waals surface area (Å²) in [5.74, 6) is -0.155. The zero-order chi connectivity index (χ0) is 15.2. The average molecular weight is 357 g/mol. The van der Waals surface area contributed by atoms with E-state index in [-0.39, 0.29) is 11.7 Å². The number of nitrogens with one attached hydrogen (secondary N) is 1. The minimum absolute atomic E-state index is 0.141. The van der Waals surface area contributed by atoms with Gasteiger partial charge in [-0.05, 0) is 66.0 Å². The van der Waals surface area contributed by atoms with Gasteiger partial charge in [-0.3, -0.25) is 4.79 Å². The summed E-state index contributed by atoms with van der Waals surface area (Å²) in [5.41, 5.74) is 0.850. The Morgan fingerprint density at radius 1 is 1.43 bits per heavy atom. The normalized spacial score (nSPS) is 16.0. The molecule has 1 fully saturated rings. The van der Waals surface area contributed by atoms with Crippen LogP contribution >= 0.6 is 15.9 Å². The van der Waals surface area contributed by atoms with E-state index in [0.717, 1.165) is 44.5 Å². The molecular weight excluding hydrogens is 335 g/mol. The van der Waals surface area contributed by atoms with Gasteiger partial charge < -0.3 is 10.2 Å². The summed E-state index contributed by atoms with van der Waals surface area (Å²) in [6.07, 6.45) is 3.32. The summed E-state index contributed by atoms with van der Waals surface area (Å²) in [6, 6.07) is 5.12. The van der Waals surface area contributed by atoms with Crippen LogP contribution in [-0.2, 0) is 11.2 Å². The number of piperidine rings is 1. The SMILES string of the molecule is CCCN(C(=O)Cc1ccc(F)c(Br)c1)C1CCNCC1. The van der Waals surface area contributed by atoms with Crippen molar-refractivity contribution < 1.29 is 9.18 Å². The lowest BCUT2D eigenvalue weighted by atomic mass is 10.0. The number of nitrogens with zero attached hydrogens (tertiary/aromatic N) is 1. The molecule has 0 aliphatic carbocycles. The molecule has 1 aliphatic rings. The second-order valence-corrected chi connectivity index (χ2v) is 6.35. The zero-order valence-corrected chi connectivity index (χ0v) is 14.0. The van der Waals surface area contributed by atoms with Crippen molar-refractivity contribution in [2.75, 3.05) is 19.6 Å². The van der Waals surface area contributed by atoms with Crippen LogP contribution in [0.1, 0.15) is 31.7 Å². The van der Waals surface area contributed by atoms with Gasteiger partial charge in [-0.15, -0.1) is 0 Å². The van der Waals surface area contributed by atoms with Crippen molar-refractivity contribution in [2.45, 2.75) is 38.6 Å². The number of hydrogen-bond acceptors (Lipinski definition) is 2. The molecule has 0 saturated carbocycles. The summed E-state index contributed by atoms with van der Waals surface area (Å²) in [5, 5.41) is 3.33. The maximum absolute atomic E-state index is 13.3. The minimum Gasteiger partial charge on any atom is -0.339 e. The molecule has 116 valence electrons. The predicted molar refractivity (Wildman–Crippen MR) is 85.7 cm³/mol. The van der Waals surface area contributed by atoms with Crippen LogP contribution in [0, 0.1) is 5.82 Å². The largest absolute Gasteiger partial charge is 0.339 e. The van der Waals surface area contributed by atoms with Gasteiger partial charge >= 0.3 is 0 Å². The van der Waals surface area contributed by atoms with Gasteiger partial charge in [0.15, 0.2) is 0 Å². The molecule has 0 unspecified atom stereocenters. The lowest BCUT2D eigenvalue weighted by Gasteiger charge is -2.34. The molecule has 1 heterocycles. The molecule has 0 atom stereocenters. The smallest absolute Gasteiger partial charge is 0.227 e. The third-order valence-corrected chi connectivity index (χ3v) is 4.48. The van der Waals surface area contributed by atoms with Crippen LogP contribution in [0.3, 0.4) is 0 Å². The molecule has 2 rings (SSSR count). The first-order valence-corrected chi connectivity index (χ1v) is 8.35. The van der Waals surface area contributed by atoms with E-state index >= 15 is 0 Å². The van der Waals surface area contributed by atoms with Crippen LogP contribution in [0.15, 0.2) is 22.7 Å². The van der Waals surface area contributed by atoms with Gasteiger partial charge in [-0.25, -0.2) is 4.39 Å². The van der Waals surface area contributed by atoms with Gasteiger partial charge in [0.1, 0.15) is 5.82 Å². The van der Waals surface area contributed by atoms with E-state index in [1.54, 1.807) is 12.1 Å². The molecule has 1 aromatic carbocycles. The lowest BCUT2D eigenvalue weighted by Crippen LogP contribution is -2.47. The van der Waals surface area contributed by atoms with Crippen molar-refractivity contribution in [3.63, 3.8) is 0 Å². The molecule has 0 spiro atoms. The molecular formula is C16H22BrFN2O. The van der Waals surface area contributed by atoms with E-state index in [1.807, 2.05) is 4.90 Å². The standard InChI is InChI=1S/C16H22BrFN2O/c1-2-9-20(13-5-7-19-8-6-13)16(21)11-12-3-4-15(18)14(17)10-12/h3-4,10,13,19H,2,5-9,11H2,1H3. The first-order valence-electron chi connectivity index (χ1n) is 7.56. The van der Waals surface area contributed by atoms with Crippen LogP contribution in [0.25, 0.3) is 0 Å². The fraction of sp³-hybridized carbons (Fsp3) is 0.562. The molecule has 0 bridgehead atoms. The van der Waals surface area contributed by atoms with Gasteiger partial charge in [0.05, 0.1) is 10.9 Å². The highest BCUT2D eigenvalue weighted by atomic mass is 79.9. The summed E-state index contributed by atoms with van der Waals surface area (Å²) in [4.78, 5) is 14.6. The molecule has 1 aromatic rings. The number of benzene rings is 1. The van der Waals surface area contributed by atoms with Crippen molar-refractivity contribution in [1.82, 2.24) is 10.2 Å². The van der Waals surface area contributed by atoms with Gasteiger partial charge in [0.2, 0.25) is 5.91 Å². The number of rotatable bonds is 5. The van der Waals surface area contributed by atoms with Crippen LogP contribution in [0.2, 0.25) is 0 Å². The van der Waals surface area contributed by atoms with Crippen LogP contribution in [0.4, 0.5) is 4.39 Å². The summed E-state index contributed by atoms with van der Waals surface area (Å²) < 4.78 is 13.7. The van der Waals surface area contributed by atoms with E-state index in [4.69, 9.17) is 0 Å². The first-order chi connectivity index (χ1) is 10.1. The zero-order valence-electron chi connectivity index (χ0n) is 12.4. The van der Waals surface area contributed by atoms with E-state index in [1.165, 1.54) is 6.07 Å². The Morgan fingerprint density at radius 2 is 2.14 bits per heavy atom. The maximum Gasteiger partial charge on any atom is 0.227 e. The third kappa shape index (κ3) is 4.51. The van der Waals surface area contributed by atoms with E-state index in [0.29, 0.717) is 16.9 Å². The number of halogens is 2. The first kappa shape index (κ1) is 16.4. The van der Waals surface area contributed by atoms with Crippen LogP contribution in [-0.4, -0.2) is 36.5 Å². The Morgan fingerprint density at radius 3 is 2.76 bits per heavy atom. The lowest BCUT2D eigenvalue weighted by molar-refractivity contribution is -0.133. The second kappa shape index (κ2) is 7.90. The molecule has 1 saturated heterocycles. The highest BCUT2D eigenvalue weighted by Crippen LogP contribution is 2.19. The molecule has 1 amide bonds.